The maximum atomic E-state index is 9.46. The van der Waals surface area contributed by atoms with E-state index in [2.05, 4.69) is 13.8 Å². The molecule has 0 aliphatic heterocycles. The van der Waals surface area contributed by atoms with Crippen molar-refractivity contribution in [3.63, 3.8) is 0 Å². The summed E-state index contributed by atoms with van der Waals surface area (Å²) in [6, 6.07) is 0. The topological polar surface area (TPSA) is 40.5 Å². The first-order valence-corrected chi connectivity index (χ1v) is 5.41. The summed E-state index contributed by atoms with van der Waals surface area (Å²) in [4.78, 5) is 0. The number of aliphatic hydroxyl groups excluding tert-OH is 2. The molecule has 2 N–H and O–H groups in total. The van der Waals surface area contributed by atoms with Gasteiger partial charge in [0.15, 0.2) is 0 Å². The van der Waals surface area contributed by atoms with Gasteiger partial charge in [0.25, 0.3) is 0 Å². The third kappa shape index (κ3) is 6.87. The molecule has 0 rings (SSSR count). The fraction of sp³-hybridized carbons (Fsp3) is 0.667. The third-order valence-electron chi connectivity index (χ3n) is 1.93. The van der Waals surface area contributed by atoms with Gasteiger partial charge in [-0.3, -0.25) is 0 Å². The van der Waals surface area contributed by atoms with Gasteiger partial charge in [-0.25, -0.2) is 0 Å². The Hall–Kier alpha value is -0.600. The number of allylic oxidation sites excluding steroid dienone is 2. The number of aliphatic hydroxyl groups is 2. The van der Waals surface area contributed by atoms with E-state index in [0.717, 1.165) is 25.7 Å². The Kier molecular flexibility index (Phi) is 8.59. The second-order valence-electron chi connectivity index (χ2n) is 3.41. The lowest BCUT2D eigenvalue weighted by Crippen LogP contribution is -2.21. The summed E-state index contributed by atoms with van der Waals surface area (Å²) in [5.74, 6) is 0. The fourth-order valence-electron chi connectivity index (χ4n) is 1.03. The van der Waals surface area contributed by atoms with E-state index in [1.54, 1.807) is 12.2 Å². The zero-order chi connectivity index (χ0) is 10.8. The van der Waals surface area contributed by atoms with E-state index in [-0.39, 0.29) is 0 Å². The second-order valence-corrected chi connectivity index (χ2v) is 3.41. The van der Waals surface area contributed by atoms with E-state index in [9.17, 15) is 10.2 Å². The molecule has 0 heterocycles. The van der Waals surface area contributed by atoms with E-state index in [0.29, 0.717) is 0 Å². The zero-order valence-corrected chi connectivity index (χ0v) is 9.19. The van der Waals surface area contributed by atoms with Crippen LogP contribution in [0.25, 0.3) is 0 Å². The molecule has 0 saturated heterocycles. The van der Waals surface area contributed by atoms with Gasteiger partial charge in [-0.05, 0) is 12.8 Å². The summed E-state index contributed by atoms with van der Waals surface area (Å²) >= 11 is 0. The van der Waals surface area contributed by atoms with E-state index in [1.807, 2.05) is 12.2 Å². The van der Waals surface area contributed by atoms with Crippen molar-refractivity contribution in [2.24, 2.45) is 0 Å². The van der Waals surface area contributed by atoms with Crippen molar-refractivity contribution < 1.29 is 10.2 Å². The van der Waals surface area contributed by atoms with Crippen LogP contribution in [0.15, 0.2) is 24.3 Å². The molecule has 0 amide bonds. The molecule has 0 bridgehead atoms. The predicted molar refractivity (Wildman–Crippen MR) is 60.1 cm³/mol. The van der Waals surface area contributed by atoms with Gasteiger partial charge in [0.2, 0.25) is 0 Å². The third-order valence-corrected chi connectivity index (χ3v) is 1.93. The SMILES string of the molecule is CCCC=CC(O)C(O)C=CCCC. The largest absolute Gasteiger partial charge is 0.386 e. The standard InChI is InChI=1S/C12H22O2/c1-3-5-7-9-11(13)12(14)10-8-6-4-2/h7-14H,3-6H2,1-2H3. The molecular formula is C12H22O2. The van der Waals surface area contributed by atoms with Crippen LogP contribution < -0.4 is 0 Å². The molecule has 0 aliphatic rings. The van der Waals surface area contributed by atoms with E-state index in [4.69, 9.17) is 0 Å². The molecule has 0 aliphatic carbocycles. The molecule has 0 aromatic carbocycles. The van der Waals surface area contributed by atoms with Gasteiger partial charge in [-0.1, -0.05) is 51.0 Å². The lowest BCUT2D eigenvalue weighted by molar-refractivity contribution is 0.0805. The highest BCUT2D eigenvalue weighted by molar-refractivity contribution is 5.00. The van der Waals surface area contributed by atoms with Gasteiger partial charge in [0.1, 0.15) is 12.2 Å². The van der Waals surface area contributed by atoms with E-state index >= 15 is 0 Å². The molecule has 0 saturated carbocycles. The molecule has 2 heteroatoms. The molecule has 0 aromatic heterocycles. The molecular weight excluding hydrogens is 176 g/mol. The first kappa shape index (κ1) is 13.4. The van der Waals surface area contributed by atoms with Gasteiger partial charge in [-0.15, -0.1) is 0 Å². The lowest BCUT2D eigenvalue weighted by atomic mass is 10.1. The Morgan fingerprint density at radius 3 is 1.50 bits per heavy atom. The van der Waals surface area contributed by atoms with Crippen LogP contribution in [0.1, 0.15) is 39.5 Å². The summed E-state index contributed by atoms with van der Waals surface area (Å²) in [6.45, 7) is 4.16. The van der Waals surface area contributed by atoms with E-state index < -0.39 is 12.2 Å². The predicted octanol–water partition coefficient (Wildman–Crippen LogP) is 2.42. The minimum Gasteiger partial charge on any atom is -0.386 e. The van der Waals surface area contributed by atoms with Crippen molar-refractivity contribution in [3.05, 3.63) is 24.3 Å². The summed E-state index contributed by atoms with van der Waals surface area (Å²) < 4.78 is 0. The van der Waals surface area contributed by atoms with Gasteiger partial charge in [0, 0.05) is 0 Å². The van der Waals surface area contributed by atoms with Crippen molar-refractivity contribution in [3.8, 4) is 0 Å². The number of hydrogen-bond donors (Lipinski definition) is 2. The smallest absolute Gasteiger partial charge is 0.102 e. The van der Waals surface area contributed by atoms with Crippen molar-refractivity contribution in [1.82, 2.24) is 0 Å². The highest BCUT2D eigenvalue weighted by atomic mass is 16.3. The average molecular weight is 198 g/mol. The molecule has 0 spiro atoms. The van der Waals surface area contributed by atoms with Crippen LogP contribution in [0.3, 0.4) is 0 Å². The van der Waals surface area contributed by atoms with Crippen LogP contribution in [-0.2, 0) is 0 Å². The van der Waals surface area contributed by atoms with Crippen LogP contribution in [0.5, 0.6) is 0 Å². The monoisotopic (exact) mass is 198 g/mol. The molecule has 2 nitrogen and oxygen atoms in total. The molecule has 0 radical (unpaired) electrons. The van der Waals surface area contributed by atoms with Gasteiger partial charge in [0.05, 0.1) is 0 Å². The Bertz CT molecular complexity index is 153. The molecule has 82 valence electrons. The highest BCUT2D eigenvalue weighted by Crippen LogP contribution is 2.01. The van der Waals surface area contributed by atoms with Gasteiger partial charge in [-0.2, -0.15) is 0 Å². The van der Waals surface area contributed by atoms with Crippen LogP contribution in [0, 0.1) is 0 Å². The van der Waals surface area contributed by atoms with Gasteiger partial charge < -0.3 is 10.2 Å². The summed E-state index contributed by atoms with van der Waals surface area (Å²) in [5.41, 5.74) is 0. The summed E-state index contributed by atoms with van der Waals surface area (Å²) in [5, 5.41) is 18.9. The number of rotatable bonds is 7. The van der Waals surface area contributed by atoms with Crippen LogP contribution >= 0.6 is 0 Å². The quantitative estimate of drug-likeness (QED) is 0.617. The summed E-state index contributed by atoms with van der Waals surface area (Å²) in [6.07, 6.45) is 9.60. The maximum Gasteiger partial charge on any atom is 0.102 e. The molecule has 0 fully saturated rings. The zero-order valence-electron chi connectivity index (χ0n) is 9.19. The molecule has 2 atom stereocenters. The Morgan fingerprint density at radius 2 is 1.21 bits per heavy atom. The van der Waals surface area contributed by atoms with Crippen LogP contribution in [0.2, 0.25) is 0 Å². The Balaban J connectivity index is 3.80. The summed E-state index contributed by atoms with van der Waals surface area (Å²) in [7, 11) is 0. The lowest BCUT2D eigenvalue weighted by Gasteiger charge is -2.09. The van der Waals surface area contributed by atoms with Crippen LogP contribution in [0.4, 0.5) is 0 Å². The normalized spacial score (nSPS) is 16.6. The fourth-order valence-corrected chi connectivity index (χ4v) is 1.03. The molecule has 2 unspecified atom stereocenters. The van der Waals surface area contributed by atoms with Crippen molar-refractivity contribution in [1.29, 1.82) is 0 Å². The molecule has 14 heavy (non-hydrogen) atoms. The maximum absolute atomic E-state index is 9.46. The minimum absolute atomic E-state index is 0.769. The highest BCUT2D eigenvalue weighted by Gasteiger charge is 2.07. The molecule has 0 aromatic rings. The first-order chi connectivity index (χ1) is 6.72. The first-order valence-electron chi connectivity index (χ1n) is 5.41. The van der Waals surface area contributed by atoms with Crippen LogP contribution in [-0.4, -0.2) is 22.4 Å². The van der Waals surface area contributed by atoms with Crippen molar-refractivity contribution in [2.45, 2.75) is 51.7 Å². The van der Waals surface area contributed by atoms with Crippen molar-refractivity contribution >= 4 is 0 Å². The van der Waals surface area contributed by atoms with Crippen molar-refractivity contribution in [2.75, 3.05) is 0 Å². The van der Waals surface area contributed by atoms with E-state index in [1.165, 1.54) is 0 Å². The second kappa shape index (κ2) is 8.97. The number of hydrogen-bond acceptors (Lipinski definition) is 2. The Morgan fingerprint density at radius 1 is 0.857 bits per heavy atom. The van der Waals surface area contributed by atoms with Gasteiger partial charge >= 0.3 is 0 Å². The average Bonchev–Trinajstić information content (AvgIpc) is 2.18. The Labute approximate surface area is 87.0 Å². The minimum atomic E-state index is -0.769. The number of unbranched alkanes of at least 4 members (excludes halogenated alkanes) is 2.